The summed E-state index contributed by atoms with van der Waals surface area (Å²) in [5.74, 6) is 0. The minimum absolute atomic E-state index is 0.768. The Balaban J connectivity index is 1.72. The van der Waals surface area contributed by atoms with E-state index in [0.29, 0.717) is 0 Å². The molecule has 0 unspecified atom stereocenters. The summed E-state index contributed by atoms with van der Waals surface area (Å²) in [5, 5.41) is 4.24. The van der Waals surface area contributed by atoms with Gasteiger partial charge in [-0.05, 0) is 65.9 Å². The van der Waals surface area contributed by atoms with E-state index < -0.39 is 0 Å². The molecule has 1 aromatic rings. The highest BCUT2D eigenvalue weighted by Crippen LogP contribution is 2.23. The maximum atomic E-state index is 5.95. The molecule has 92 valence electrons. The first-order valence-electron chi connectivity index (χ1n) is 6.08. The Hall–Kier alpha value is -0.310. The Bertz CT molecular complexity index is 415. The van der Waals surface area contributed by atoms with Gasteiger partial charge in [0.25, 0.3) is 0 Å². The molecular formula is C14H17BrClN. The van der Waals surface area contributed by atoms with Crippen LogP contribution in [0.3, 0.4) is 0 Å². The largest absolute Gasteiger partial charge is 0.312 e. The van der Waals surface area contributed by atoms with Crippen LogP contribution in [0.4, 0.5) is 0 Å². The molecule has 17 heavy (non-hydrogen) atoms. The van der Waals surface area contributed by atoms with E-state index in [1.807, 2.05) is 6.07 Å². The van der Waals surface area contributed by atoms with Gasteiger partial charge in [-0.15, -0.1) is 0 Å². The first kappa shape index (κ1) is 13.1. The van der Waals surface area contributed by atoms with Crippen molar-refractivity contribution < 1.29 is 0 Å². The number of hydrogen-bond donors (Lipinski definition) is 1. The number of benzene rings is 1. The zero-order chi connectivity index (χ0) is 12.1. The van der Waals surface area contributed by atoms with Gasteiger partial charge in [-0.25, -0.2) is 0 Å². The van der Waals surface area contributed by atoms with E-state index >= 15 is 0 Å². The van der Waals surface area contributed by atoms with Crippen LogP contribution >= 0.6 is 27.5 Å². The van der Waals surface area contributed by atoms with Crippen LogP contribution < -0.4 is 5.32 Å². The minimum Gasteiger partial charge on any atom is -0.312 e. The molecule has 1 aliphatic rings. The molecule has 1 N–H and O–H groups in total. The van der Waals surface area contributed by atoms with Gasteiger partial charge in [-0.3, -0.25) is 0 Å². The normalized spacial score (nSPS) is 15.1. The summed E-state index contributed by atoms with van der Waals surface area (Å²) in [7, 11) is 0. The van der Waals surface area contributed by atoms with Gasteiger partial charge in [0, 0.05) is 11.0 Å². The van der Waals surface area contributed by atoms with Crippen molar-refractivity contribution in [3.05, 3.63) is 44.9 Å². The summed E-state index contributed by atoms with van der Waals surface area (Å²) >= 11 is 9.39. The molecule has 0 heterocycles. The van der Waals surface area contributed by atoms with Crippen molar-refractivity contribution in [1.82, 2.24) is 5.32 Å². The van der Waals surface area contributed by atoms with Gasteiger partial charge >= 0.3 is 0 Å². The lowest BCUT2D eigenvalue weighted by molar-refractivity contribution is 0.675. The third-order valence-electron chi connectivity index (χ3n) is 3.07. The molecule has 0 saturated carbocycles. The second kappa shape index (κ2) is 6.58. The van der Waals surface area contributed by atoms with E-state index in [-0.39, 0.29) is 0 Å². The maximum Gasteiger partial charge on any atom is 0.0548 e. The molecule has 0 amide bonds. The molecule has 0 spiro atoms. The zero-order valence-corrected chi connectivity index (χ0v) is 12.1. The smallest absolute Gasteiger partial charge is 0.0548 e. The van der Waals surface area contributed by atoms with Gasteiger partial charge in [0.1, 0.15) is 0 Å². The molecule has 1 aromatic carbocycles. The topological polar surface area (TPSA) is 12.0 Å². The van der Waals surface area contributed by atoms with Crippen LogP contribution in [0.1, 0.15) is 31.2 Å². The van der Waals surface area contributed by atoms with E-state index in [0.717, 1.165) is 22.6 Å². The third-order valence-corrected chi connectivity index (χ3v) is 4.29. The fourth-order valence-corrected chi connectivity index (χ4v) is 2.64. The number of allylic oxidation sites excluding steroid dienone is 1. The Morgan fingerprint density at radius 1 is 1.35 bits per heavy atom. The van der Waals surface area contributed by atoms with E-state index in [2.05, 4.69) is 39.5 Å². The Labute approximate surface area is 116 Å². The van der Waals surface area contributed by atoms with E-state index in [4.69, 9.17) is 11.6 Å². The highest BCUT2D eigenvalue weighted by atomic mass is 79.9. The number of hydrogen-bond acceptors (Lipinski definition) is 1. The summed E-state index contributed by atoms with van der Waals surface area (Å²) in [6, 6.07) is 6.07. The average Bonchev–Trinajstić information content (AvgIpc) is 2.82. The summed E-state index contributed by atoms with van der Waals surface area (Å²) in [6.45, 7) is 1.97. The second-order valence-electron chi connectivity index (χ2n) is 4.43. The van der Waals surface area contributed by atoms with Crippen molar-refractivity contribution in [2.45, 2.75) is 32.2 Å². The summed E-state index contributed by atoms with van der Waals surface area (Å²) in [5.41, 5.74) is 2.89. The van der Waals surface area contributed by atoms with Gasteiger partial charge in [0.2, 0.25) is 0 Å². The van der Waals surface area contributed by atoms with E-state index in [9.17, 15) is 0 Å². The van der Waals surface area contributed by atoms with Gasteiger partial charge in [0.15, 0.2) is 0 Å². The Kier molecular flexibility index (Phi) is 5.08. The fourth-order valence-electron chi connectivity index (χ4n) is 2.10. The van der Waals surface area contributed by atoms with Gasteiger partial charge in [0.05, 0.1) is 5.02 Å². The SMILES string of the molecule is Clc1ccc(CNCCC2=CCCC2)cc1Br. The van der Waals surface area contributed by atoms with Crippen LogP contribution in [0.25, 0.3) is 0 Å². The maximum absolute atomic E-state index is 5.95. The van der Waals surface area contributed by atoms with Crippen LogP contribution in [0, 0.1) is 0 Å². The van der Waals surface area contributed by atoms with Crippen molar-refractivity contribution >= 4 is 27.5 Å². The van der Waals surface area contributed by atoms with Crippen LogP contribution in [0.5, 0.6) is 0 Å². The molecule has 0 radical (unpaired) electrons. The molecule has 2 rings (SSSR count). The Morgan fingerprint density at radius 3 is 2.94 bits per heavy atom. The molecular weight excluding hydrogens is 298 g/mol. The van der Waals surface area contributed by atoms with E-state index in [1.165, 1.54) is 31.2 Å². The van der Waals surface area contributed by atoms with Crippen molar-refractivity contribution in [3.63, 3.8) is 0 Å². The molecule has 3 heteroatoms. The lowest BCUT2D eigenvalue weighted by atomic mass is 10.1. The summed E-state index contributed by atoms with van der Waals surface area (Å²) < 4.78 is 0.969. The lowest BCUT2D eigenvalue weighted by Gasteiger charge is -2.06. The predicted octanol–water partition coefficient (Wildman–Crippen LogP) is 4.69. The quantitative estimate of drug-likeness (QED) is 0.614. The van der Waals surface area contributed by atoms with Crippen LogP contribution in [0.15, 0.2) is 34.3 Å². The number of rotatable bonds is 5. The first-order valence-corrected chi connectivity index (χ1v) is 7.25. The van der Waals surface area contributed by atoms with Crippen molar-refractivity contribution in [3.8, 4) is 0 Å². The molecule has 0 saturated heterocycles. The minimum atomic E-state index is 0.768. The first-order chi connectivity index (χ1) is 8.25. The number of halogens is 2. The van der Waals surface area contributed by atoms with Crippen LogP contribution in [-0.4, -0.2) is 6.54 Å². The summed E-state index contributed by atoms with van der Waals surface area (Å²) in [6.07, 6.45) is 7.50. The number of nitrogens with one attached hydrogen (secondary N) is 1. The predicted molar refractivity (Wildman–Crippen MR) is 77.4 cm³/mol. The molecule has 0 fully saturated rings. The van der Waals surface area contributed by atoms with Crippen molar-refractivity contribution in [2.24, 2.45) is 0 Å². The molecule has 0 aromatic heterocycles. The lowest BCUT2D eigenvalue weighted by Crippen LogP contribution is -2.15. The highest BCUT2D eigenvalue weighted by Gasteiger charge is 2.03. The van der Waals surface area contributed by atoms with Crippen LogP contribution in [-0.2, 0) is 6.54 Å². The Morgan fingerprint density at radius 2 is 2.24 bits per heavy atom. The van der Waals surface area contributed by atoms with Crippen LogP contribution in [0.2, 0.25) is 5.02 Å². The highest BCUT2D eigenvalue weighted by molar-refractivity contribution is 9.10. The molecule has 0 bridgehead atoms. The van der Waals surface area contributed by atoms with E-state index in [1.54, 1.807) is 5.57 Å². The van der Waals surface area contributed by atoms with Crippen molar-refractivity contribution in [2.75, 3.05) is 6.54 Å². The summed E-state index contributed by atoms with van der Waals surface area (Å²) in [4.78, 5) is 0. The van der Waals surface area contributed by atoms with Gasteiger partial charge in [-0.1, -0.05) is 29.3 Å². The standard InChI is InChI=1S/C14H17BrClN/c15-13-9-12(5-6-14(13)16)10-17-8-7-11-3-1-2-4-11/h3,5-6,9,17H,1-2,4,7-8,10H2. The van der Waals surface area contributed by atoms with Gasteiger partial charge < -0.3 is 5.32 Å². The molecule has 1 nitrogen and oxygen atoms in total. The fraction of sp³-hybridized carbons (Fsp3) is 0.429. The molecule has 0 aliphatic heterocycles. The average molecular weight is 315 g/mol. The monoisotopic (exact) mass is 313 g/mol. The second-order valence-corrected chi connectivity index (χ2v) is 5.69. The third kappa shape index (κ3) is 4.13. The zero-order valence-electron chi connectivity index (χ0n) is 9.81. The van der Waals surface area contributed by atoms with Gasteiger partial charge in [-0.2, -0.15) is 0 Å². The molecule has 0 atom stereocenters. The van der Waals surface area contributed by atoms with Crippen molar-refractivity contribution in [1.29, 1.82) is 0 Å². The molecule has 1 aliphatic carbocycles.